The number of methoxy groups -OCH3 is 1. The highest BCUT2D eigenvalue weighted by molar-refractivity contribution is 7.98. The highest BCUT2D eigenvalue weighted by Gasteiger charge is 2.07. The predicted octanol–water partition coefficient (Wildman–Crippen LogP) is 3.21. The predicted molar refractivity (Wildman–Crippen MR) is 83.1 cm³/mol. The van der Waals surface area contributed by atoms with Crippen LogP contribution < -0.4 is 10.1 Å². The number of rotatable bonds is 7. The van der Waals surface area contributed by atoms with Crippen LogP contribution in [-0.4, -0.2) is 23.1 Å². The van der Waals surface area contributed by atoms with Gasteiger partial charge in [-0.15, -0.1) is 0 Å². The molecule has 0 aliphatic heterocycles. The molecule has 2 aromatic rings. The van der Waals surface area contributed by atoms with Gasteiger partial charge in [-0.25, -0.2) is 4.98 Å². The van der Waals surface area contributed by atoms with Crippen LogP contribution >= 0.6 is 11.8 Å². The van der Waals surface area contributed by atoms with Crippen LogP contribution in [0.4, 0.5) is 0 Å². The summed E-state index contributed by atoms with van der Waals surface area (Å²) in [4.78, 5) is 7.32. The van der Waals surface area contributed by atoms with Gasteiger partial charge in [0.05, 0.1) is 7.11 Å². The highest BCUT2D eigenvalue weighted by Crippen LogP contribution is 2.27. The fourth-order valence-electron chi connectivity index (χ4n) is 1.85. The Morgan fingerprint density at radius 2 is 2.25 bits per heavy atom. The van der Waals surface area contributed by atoms with Crippen LogP contribution in [0.5, 0.6) is 5.75 Å². The molecule has 0 unspecified atom stereocenters. The smallest absolute Gasteiger partial charge is 0.165 e. The number of imidazole rings is 1. The molecule has 1 aromatic carbocycles. The standard InChI is InChI=1S/C15H21N3OS/c1-11(2)18-9-12-4-5-14(19-3)13(8-12)10-20-15-16-6-7-17-15/h4-8,11,18H,9-10H2,1-3H3,(H,16,17). The third kappa shape index (κ3) is 4.28. The zero-order valence-corrected chi connectivity index (χ0v) is 13.0. The Hall–Kier alpha value is -1.46. The number of thioether (sulfide) groups is 1. The lowest BCUT2D eigenvalue weighted by Gasteiger charge is -2.12. The summed E-state index contributed by atoms with van der Waals surface area (Å²) >= 11 is 1.68. The van der Waals surface area contributed by atoms with E-state index in [0.29, 0.717) is 6.04 Å². The molecule has 2 rings (SSSR count). The van der Waals surface area contributed by atoms with Gasteiger partial charge in [-0.05, 0) is 17.7 Å². The van der Waals surface area contributed by atoms with E-state index < -0.39 is 0 Å². The summed E-state index contributed by atoms with van der Waals surface area (Å²) in [6.45, 7) is 5.18. The summed E-state index contributed by atoms with van der Waals surface area (Å²) in [5.41, 5.74) is 2.46. The van der Waals surface area contributed by atoms with E-state index in [1.165, 1.54) is 11.1 Å². The minimum Gasteiger partial charge on any atom is -0.496 e. The Labute approximate surface area is 124 Å². The van der Waals surface area contributed by atoms with Gasteiger partial charge in [-0.3, -0.25) is 0 Å². The van der Waals surface area contributed by atoms with Gasteiger partial charge >= 0.3 is 0 Å². The van der Waals surface area contributed by atoms with Gasteiger partial charge in [0, 0.05) is 36.3 Å². The van der Waals surface area contributed by atoms with Gasteiger partial charge in [0.2, 0.25) is 0 Å². The molecule has 2 N–H and O–H groups in total. The molecular formula is C15H21N3OS. The first-order chi connectivity index (χ1) is 9.69. The number of nitrogens with zero attached hydrogens (tertiary/aromatic N) is 1. The Morgan fingerprint density at radius 3 is 2.90 bits per heavy atom. The van der Waals surface area contributed by atoms with Crippen LogP contribution in [0.2, 0.25) is 0 Å². The second-order valence-electron chi connectivity index (χ2n) is 4.86. The van der Waals surface area contributed by atoms with Gasteiger partial charge < -0.3 is 15.0 Å². The molecule has 1 heterocycles. The van der Waals surface area contributed by atoms with E-state index in [1.807, 2.05) is 12.3 Å². The molecule has 4 nitrogen and oxygen atoms in total. The zero-order chi connectivity index (χ0) is 14.4. The number of aromatic nitrogens is 2. The molecule has 0 saturated carbocycles. The number of benzene rings is 1. The maximum atomic E-state index is 5.43. The Bertz CT molecular complexity index is 526. The molecular weight excluding hydrogens is 270 g/mol. The van der Waals surface area contributed by atoms with E-state index in [1.54, 1.807) is 25.1 Å². The van der Waals surface area contributed by atoms with E-state index in [0.717, 1.165) is 23.2 Å². The van der Waals surface area contributed by atoms with Gasteiger partial charge in [0.25, 0.3) is 0 Å². The number of ether oxygens (including phenoxy) is 1. The maximum Gasteiger partial charge on any atom is 0.165 e. The first-order valence-electron chi connectivity index (χ1n) is 6.70. The minimum atomic E-state index is 0.484. The molecule has 108 valence electrons. The Kier molecular flexibility index (Phi) is 5.49. The number of nitrogens with one attached hydrogen (secondary N) is 2. The van der Waals surface area contributed by atoms with Crippen LogP contribution in [0.3, 0.4) is 0 Å². The zero-order valence-electron chi connectivity index (χ0n) is 12.1. The SMILES string of the molecule is COc1ccc(CNC(C)C)cc1CSc1ncc[nH]1. The van der Waals surface area contributed by atoms with Crippen molar-refractivity contribution in [2.75, 3.05) is 7.11 Å². The van der Waals surface area contributed by atoms with Gasteiger partial charge in [0.1, 0.15) is 5.75 Å². The van der Waals surface area contributed by atoms with E-state index in [4.69, 9.17) is 4.74 Å². The quantitative estimate of drug-likeness (QED) is 0.769. The topological polar surface area (TPSA) is 49.9 Å². The Balaban J connectivity index is 2.05. The van der Waals surface area contributed by atoms with E-state index in [2.05, 4.69) is 41.3 Å². The third-order valence-electron chi connectivity index (χ3n) is 2.90. The van der Waals surface area contributed by atoms with E-state index >= 15 is 0 Å². The number of hydrogen-bond donors (Lipinski definition) is 2. The van der Waals surface area contributed by atoms with Crippen molar-refractivity contribution >= 4 is 11.8 Å². The molecule has 20 heavy (non-hydrogen) atoms. The van der Waals surface area contributed by atoms with E-state index in [-0.39, 0.29) is 0 Å². The van der Waals surface area contributed by atoms with Gasteiger partial charge in [-0.2, -0.15) is 0 Å². The largest absolute Gasteiger partial charge is 0.496 e. The van der Waals surface area contributed by atoms with Crippen molar-refractivity contribution < 1.29 is 4.74 Å². The molecule has 0 radical (unpaired) electrons. The van der Waals surface area contributed by atoms with Gasteiger partial charge in [-0.1, -0.05) is 31.7 Å². The average Bonchev–Trinajstić information content (AvgIpc) is 2.96. The van der Waals surface area contributed by atoms with Crippen molar-refractivity contribution in [3.63, 3.8) is 0 Å². The second-order valence-corrected chi connectivity index (χ2v) is 5.83. The third-order valence-corrected chi connectivity index (χ3v) is 3.85. The fourth-order valence-corrected chi connectivity index (χ4v) is 2.66. The van der Waals surface area contributed by atoms with Crippen molar-refractivity contribution in [2.45, 2.75) is 37.3 Å². The Morgan fingerprint density at radius 1 is 1.40 bits per heavy atom. The van der Waals surface area contributed by atoms with Crippen LogP contribution in [0.25, 0.3) is 0 Å². The summed E-state index contributed by atoms with van der Waals surface area (Å²) in [7, 11) is 1.71. The molecule has 0 atom stereocenters. The lowest BCUT2D eigenvalue weighted by Crippen LogP contribution is -2.21. The van der Waals surface area contributed by atoms with Crippen LogP contribution in [0, 0.1) is 0 Å². The average molecular weight is 291 g/mol. The van der Waals surface area contributed by atoms with E-state index in [9.17, 15) is 0 Å². The van der Waals surface area contributed by atoms with Crippen molar-refractivity contribution in [1.82, 2.24) is 15.3 Å². The number of H-pyrrole nitrogens is 1. The molecule has 0 saturated heterocycles. The normalized spacial score (nSPS) is 11.0. The van der Waals surface area contributed by atoms with Crippen molar-refractivity contribution in [3.8, 4) is 5.75 Å². The van der Waals surface area contributed by atoms with Crippen LogP contribution in [0.15, 0.2) is 35.7 Å². The molecule has 5 heteroatoms. The summed E-state index contributed by atoms with van der Waals surface area (Å²) in [5.74, 6) is 1.77. The van der Waals surface area contributed by atoms with Crippen LogP contribution in [0.1, 0.15) is 25.0 Å². The van der Waals surface area contributed by atoms with Crippen molar-refractivity contribution in [1.29, 1.82) is 0 Å². The summed E-state index contributed by atoms with van der Waals surface area (Å²) < 4.78 is 5.43. The lowest BCUT2D eigenvalue weighted by atomic mass is 10.1. The van der Waals surface area contributed by atoms with Gasteiger partial charge in [0.15, 0.2) is 5.16 Å². The highest BCUT2D eigenvalue weighted by atomic mass is 32.2. The fraction of sp³-hybridized carbons (Fsp3) is 0.400. The van der Waals surface area contributed by atoms with Crippen molar-refractivity contribution in [3.05, 3.63) is 41.7 Å². The molecule has 0 spiro atoms. The molecule has 0 aliphatic carbocycles. The minimum absolute atomic E-state index is 0.484. The number of aromatic amines is 1. The molecule has 0 bridgehead atoms. The summed E-state index contributed by atoms with van der Waals surface area (Å²) in [6.07, 6.45) is 3.60. The second kappa shape index (κ2) is 7.36. The van der Waals surface area contributed by atoms with Crippen LogP contribution in [-0.2, 0) is 12.3 Å². The first kappa shape index (κ1) is 14.9. The molecule has 0 aliphatic rings. The maximum absolute atomic E-state index is 5.43. The molecule has 0 fully saturated rings. The summed E-state index contributed by atoms with van der Waals surface area (Å²) in [5, 5.41) is 4.36. The molecule has 1 aromatic heterocycles. The lowest BCUT2D eigenvalue weighted by molar-refractivity contribution is 0.411. The first-order valence-corrected chi connectivity index (χ1v) is 7.69. The molecule has 0 amide bonds. The summed E-state index contributed by atoms with van der Waals surface area (Å²) in [6, 6.07) is 6.83. The van der Waals surface area contributed by atoms with Crippen molar-refractivity contribution in [2.24, 2.45) is 0 Å². The number of hydrogen-bond acceptors (Lipinski definition) is 4. The monoisotopic (exact) mass is 291 g/mol.